The van der Waals surface area contributed by atoms with Crippen LogP contribution in [0.1, 0.15) is 22.7 Å². The molecule has 0 saturated carbocycles. The molecule has 3 aromatic carbocycles. The third-order valence-electron chi connectivity index (χ3n) is 4.61. The van der Waals surface area contributed by atoms with Gasteiger partial charge in [0, 0.05) is 0 Å². The van der Waals surface area contributed by atoms with E-state index in [1.165, 1.54) is 0 Å². The van der Waals surface area contributed by atoms with Gasteiger partial charge < -0.3 is 15.4 Å². The van der Waals surface area contributed by atoms with E-state index in [1.807, 2.05) is 66.7 Å². The van der Waals surface area contributed by atoms with Crippen LogP contribution in [0.2, 0.25) is 0 Å². The van der Waals surface area contributed by atoms with E-state index in [4.69, 9.17) is 4.74 Å². The van der Waals surface area contributed by atoms with Crippen molar-refractivity contribution in [3.05, 3.63) is 95.6 Å². The minimum Gasteiger partial charge on any atom is -0.482 e. The smallest absolute Gasteiger partial charge is 0.262 e. The molecular formula is C23H20N2O3. The van der Waals surface area contributed by atoms with Gasteiger partial charge in [0.2, 0.25) is 5.91 Å². The summed E-state index contributed by atoms with van der Waals surface area (Å²) in [4.78, 5) is 24.3. The van der Waals surface area contributed by atoms with E-state index in [2.05, 4.69) is 10.6 Å². The zero-order valence-corrected chi connectivity index (χ0v) is 15.2. The van der Waals surface area contributed by atoms with Crippen LogP contribution in [0, 0.1) is 0 Å². The van der Waals surface area contributed by atoms with Gasteiger partial charge in [0.1, 0.15) is 5.75 Å². The second kappa shape index (κ2) is 7.96. The summed E-state index contributed by atoms with van der Waals surface area (Å²) in [6, 6.07) is 25.0. The molecule has 0 radical (unpaired) electrons. The molecule has 0 spiro atoms. The van der Waals surface area contributed by atoms with Crippen molar-refractivity contribution in [1.29, 1.82) is 0 Å². The Hall–Kier alpha value is -3.60. The first-order valence-electron chi connectivity index (χ1n) is 9.14. The highest BCUT2D eigenvalue weighted by atomic mass is 16.5. The third kappa shape index (κ3) is 4.04. The number of fused-ring (bicyclic) bond motifs is 1. The van der Waals surface area contributed by atoms with Gasteiger partial charge in [-0.3, -0.25) is 9.59 Å². The van der Waals surface area contributed by atoms with Crippen molar-refractivity contribution in [3.8, 4) is 5.75 Å². The number of anilines is 1. The molecule has 0 aliphatic carbocycles. The Kier molecular flexibility index (Phi) is 5.06. The molecule has 140 valence electrons. The number of nitrogens with one attached hydrogen (secondary N) is 2. The first kappa shape index (κ1) is 17.8. The molecule has 1 aliphatic heterocycles. The van der Waals surface area contributed by atoms with Gasteiger partial charge >= 0.3 is 0 Å². The minimum absolute atomic E-state index is 0.0165. The zero-order chi connectivity index (χ0) is 19.3. The number of benzene rings is 3. The van der Waals surface area contributed by atoms with E-state index in [1.54, 1.807) is 12.1 Å². The molecule has 1 aliphatic rings. The summed E-state index contributed by atoms with van der Waals surface area (Å²) in [7, 11) is 0. The average molecular weight is 372 g/mol. The van der Waals surface area contributed by atoms with Crippen LogP contribution in [0.25, 0.3) is 0 Å². The lowest BCUT2D eigenvalue weighted by Gasteiger charge is -2.21. The Morgan fingerprint density at radius 1 is 0.964 bits per heavy atom. The van der Waals surface area contributed by atoms with Crippen molar-refractivity contribution in [1.82, 2.24) is 5.32 Å². The number of carbonyl (C=O) groups excluding carboxylic acids is 2. The monoisotopic (exact) mass is 372 g/mol. The van der Waals surface area contributed by atoms with Gasteiger partial charge in [0.15, 0.2) is 6.61 Å². The van der Waals surface area contributed by atoms with E-state index < -0.39 is 0 Å². The van der Waals surface area contributed by atoms with Crippen LogP contribution in [0.4, 0.5) is 5.69 Å². The first-order valence-corrected chi connectivity index (χ1v) is 9.14. The van der Waals surface area contributed by atoms with Crippen molar-refractivity contribution >= 4 is 17.5 Å². The summed E-state index contributed by atoms with van der Waals surface area (Å²) in [5, 5.41) is 5.90. The Bertz CT molecular complexity index is 948. The van der Waals surface area contributed by atoms with Gasteiger partial charge in [-0.1, -0.05) is 66.7 Å². The van der Waals surface area contributed by atoms with E-state index >= 15 is 0 Å². The van der Waals surface area contributed by atoms with Crippen molar-refractivity contribution in [3.63, 3.8) is 0 Å². The minimum atomic E-state index is -0.226. The van der Waals surface area contributed by atoms with Gasteiger partial charge in [-0.25, -0.2) is 0 Å². The summed E-state index contributed by atoms with van der Waals surface area (Å²) in [6.07, 6.45) is 0.208. The van der Waals surface area contributed by atoms with Gasteiger partial charge in [-0.15, -0.1) is 0 Å². The van der Waals surface area contributed by atoms with Crippen molar-refractivity contribution in [2.45, 2.75) is 12.5 Å². The van der Waals surface area contributed by atoms with Gasteiger partial charge in [-0.05, 0) is 28.8 Å². The van der Waals surface area contributed by atoms with Crippen LogP contribution >= 0.6 is 0 Å². The molecule has 0 fully saturated rings. The van der Waals surface area contributed by atoms with E-state index in [0.29, 0.717) is 11.4 Å². The van der Waals surface area contributed by atoms with Gasteiger partial charge in [-0.2, -0.15) is 0 Å². The molecule has 5 nitrogen and oxygen atoms in total. The Morgan fingerprint density at radius 3 is 2.25 bits per heavy atom. The Morgan fingerprint density at radius 2 is 1.61 bits per heavy atom. The van der Waals surface area contributed by atoms with Crippen LogP contribution in [0.5, 0.6) is 5.75 Å². The quantitative estimate of drug-likeness (QED) is 0.721. The highest BCUT2D eigenvalue weighted by Crippen LogP contribution is 2.29. The average Bonchev–Trinajstić information content (AvgIpc) is 2.73. The number of hydrogen-bond acceptors (Lipinski definition) is 3. The number of amides is 2. The molecular weight excluding hydrogens is 352 g/mol. The van der Waals surface area contributed by atoms with Gasteiger partial charge in [0.05, 0.1) is 18.2 Å². The fourth-order valence-corrected chi connectivity index (χ4v) is 3.29. The molecule has 4 rings (SSSR count). The highest BCUT2D eigenvalue weighted by Gasteiger charge is 2.19. The van der Waals surface area contributed by atoms with Crippen LogP contribution in [-0.4, -0.2) is 18.4 Å². The number of rotatable bonds is 5. The summed E-state index contributed by atoms with van der Waals surface area (Å²) in [6.45, 7) is 0.0165. The SMILES string of the molecule is O=C1COc2ccc(CC(=O)NC(c3ccccc3)c3ccccc3)cc2N1. The van der Waals surface area contributed by atoms with Crippen LogP contribution in [0.15, 0.2) is 78.9 Å². The molecule has 0 unspecified atom stereocenters. The number of hydrogen-bond donors (Lipinski definition) is 2. The molecule has 2 N–H and O–H groups in total. The number of carbonyl (C=O) groups is 2. The van der Waals surface area contributed by atoms with Crippen molar-refractivity contribution in [2.24, 2.45) is 0 Å². The van der Waals surface area contributed by atoms with Crippen molar-refractivity contribution in [2.75, 3.05) is 11.9 Å². The second-order valence-electron chi connectivity index (χ2n) is 6.67. The number of ether oxygens (including phenoxy) is 1. The molecule has 5 heteroatoms. The maximum absolute atomic E-state index is 12.8. The standard InChI is InChI=1S/C23H20N2O3/c26-21(14-16-11-12-20-19(13-16)24-22(27)15-28-20)25-23(17-7-3-1-4-8-17)18-9-5-2-6-10-18/h1-13,23H,14-15H2,(H,24,27)(H,25,26). The molecule has 3 aromatic rings. The summed E-state index contributed by atoms with van der Waals surface area (Å²) in [5.74, 6) is 0.332. The lowest BCUT2D eigenvalue weighted by molar-refractivity contribution is -0.121. The Labute approximate surface area is 163 Å². The molecule has 0 atom stereocenters. The van der Waals surface area contributed by atoms with Gasteiger partial charge in [0.25, 0.3) is 5.91 Å². The fraction of sp³-hybridized carbons (Fsp3) is 0.130. The maximum Gasteiger partial charge on any atom is 0.262 e. The van der Waals surface area contributed by atoms with E-state index in [0.717, 1.165) is 16.7 Å². The molecule has 0 saturated heterocycles. The Balaban J connectivity index is 1.52. The maximum atomic E-state index is 12.8. The normalized spacial score (nSPS) is 12.7. The lowest BCUT2D eigenvalue weighted by atomic mass is 9.98. The molecule has 1 heterocycles. The molecule has 0 bridgehead atoms. The van der Waals surface area contributed by atoms with E-state index in [9.17, 15) is 9.59 Å². The topological polar surface area (TPSA) is 67.4 Å². The fourth-order valence-electron chi connectivity index (χ4n) is 3.29. The molecule has 2 amide bonds. The van der Waals surface area contributed by atoms with Crippen molar-refractivity contribution < 1.29 is 14.3 Å². The molecule has 28 heavy (non-hydrogen) atoms. The third-order valence-corrected chi connectivity index (χ3v) is 4.61. The predicted octanol–water partition coefficient (Wildman–Crippen LogP) is 3.47. The second-order valence-corrected chi connectivity index (χ2v) is 6.67. The predicted molar refractivity (Wildman–Crippen MR) is 107 cm³/mol. The van der Waals surface area contributed by atoms with Crippen LogP contribution in [0.3, 0.4) is 0 Å². The van der Waals surface area contributed by atoms with Crippen LogP contribution < -0.4 is 15.4 Å². The molecule has 0 aromatic heterocycles. The highest BCUT2D eigenvalue weighted by molar-refractivity contribution is 5.95. The lowest BCUT2D eigenvalue weighted by Crippen LogP contribution is -2.30. The largest absolute Gasteiger partial charge is 0.482 e. The van der Waals surface area contributed by atoms with E-state index in [-0.39, 0.29) is 30.9 Å². The zero-order valence-electron chi connectivity index (χ0n) is 15.2. The summed E-state index contributed by atoms with van der Waals surface area (Å²) < 4.78 is 5.36. The van der Waals surface area contributed by atoms with Crippen LogP contribution in [-0.2, 0) is 16.0 Å². The first-order chi connectivity index (χ1) is 13.7. The summed E-state index contributed by atoms with van der Waals surface area (Å²) in [5.41, 5.74) is 3.45. The summed E-state index contributed by atoms with van der Waals surface area (Å²) >= 11 is 0.